The highest BCUT2D eigenvalue weighted by Gasteiger charge is 2.17. The lowest BCUT2D eigenvalue weighted by Gasteiger charge is -2.20. The highest BCUT2D eigenvalue weighted by molar-refractivity contribution is 5.88. The van der Waals surface area contributed by atoms with E-state index in [2.05, 4.69) is 5.32 Å². The monoisotopic (exact) mass is 294 g/mol. The summed E-state index contributed by atoms with van der Waals surface area (Å²) in [5.41, 5.74) is 0.202. The van der Waals surface area contributed by atoms with E-state index in [4.69, 9.17) is 9.47 Å². The van der Waals surface area contributed by atoms with Crippen LogP contribution in [0.25, 0.3) is 6.08 Å². The minimum atomic E-state index is -0.636. The third kappa shape index (κ3) is 5.94. The molecule has 0 bridgehead atoms. The van der Waals surface area contributed by atoms with Gasteiger partial charge in [-0.3, -0.25) is 15.4 Å². The largest absolute Gasteiger partial charge is 0.497 e. The number of amides is 1. The van der Waals surface area contributed by atoms with Gasteiger partial charge in [-0.05, 0) is 39.0 Å². The summed E-state index contributed by atoms with van der Waals surface area (Å²) in [5.74, 6) is 0.521. The molecule has 1 rings (SSSR count). The zero-order chi connectivity index (χ0) is 16.0. The van der Waals surface area contributed by atoms with Crippen molar-refractivity contribution in [2.45, 2.75) is 26.4 Å². The van der Waals surface area contributed by atoms with Crippen molar-refractivity contribution in [1.82, 2.24) is 0 Å². The van der Waals surface area contributed by atoms with E-state index in [9.17, 15) is 14.9 Å². The zero-order valence-electron chi connectivity index (χ0n) is 12.4. The number of carbonyl (C=O) groups is 1. The number of nitrogens with zero attached hydrogens (tertiary/aromatic N) is 1. The third-order valence-corrected chi connectivity index (χ3v) is 2.27. The van der Waals surface area contributed by atoms with Crippen LogP contribution in [-0.4, -0.2) is 23.7 Å². The summed E-state index contributed by atoms with van der Waals surface area (Å²) >= 11 is 0. The summed E-state index contributed by atoms with van der Waals surface area (Å²) in [4.78, 5) is 21.6. The topological polar surface area (TPSA) is 90.7 Å². The fourth-order valence-corrected chi connectivity index (χ4v) is 1.47. The average Bonchev–Trinajstić information content (AvgIpc) is 2.35. The number of nitrogens with one attached hydrogen (secondary N) is 1. The molecule has 1 aromatic rings. The number of hydrogen-bond donors (Lipinski definition) is 1. The SMILES string of the molecule is COc1ccc(NC(=O)OC(C)(C)C)c(/C=C/[N+](=O)[O-])c1. The lowest BCUT2D eigenvalue weighted by molar-refractivity contribution is -0.400. The molecule has 1 amide bonds. The molecule has 0 aromatic heterocycles. The van der Waals surface area contributed by atoms with Crippen molar-refractivity contribution in [3.8, 4) is 5.75 Å². The lowest BCUT2D eigenvalue weighted by atomic mass is 10.1. The molecular formula is C14H18N2O5. The van der Waals surface area contributed by atoms with Gasteiger partial charge in [0, 0.05) is 11.6 Å². The Morgan fingerprint density at radius 2 is 2.05 bits per heavy atom. The van der Waals surface area contributed by atoms with Crippen LogP contribution in [0.5, 0.6) is 5.75 Å². The molecule has 7 nitrogen and oxygen atoms in total. The van der Waals surface area contributed by atoms with E-state index in [1.807, 2.05) is 0 Å². The van der Waals surface area contributed by atoms with E-state index in [1.54, 1.807) is 39.0 Å². The lowest BCUT2D eigenvalue weighted by Crippen LogP contribution is -2.27. The molecule has 114 valence electrons. The first kappa shape index (κ1) is 16.5. The van der Waals surface area contributed by atoms with Crippen molar-refractivity contribution >= 4 is 17.9 Å². The van der Waals surface area contributed by atoms with Gasteiger partial charge in [0.25, 0.3) is 0 Å². The van der Waals surface area contributed by atoms with Gasteiger partial charge in [0.05, 0.1) is 17.7 Å². The van der Waals surface area contributed by atoms with Crippen LogP contribution in [0.2, 0.25) is 0 Å². The highest BCUT2D eigenvalue weighted by Crippen LogP contribution is 2.24. The maximum absolute atomic E-state index is 11.8. The zero-order valence-corrected chi connectivity index (χ0v) is 12.4. The highest BCUT2D eigenvalue weighted by atomic mass is 16.6. The summed E-state index contributed by atoms with van der Waals surface area (Å²) in [7, 11) is 1.48. The smallest absolute Gasteiger partial charge is 0.412 e. The van der Waals surface area contributed by atoms with Gasteiger partial charge in [-0.2, -0.15) is 0 Å². The van der Waals surface area contributed by atoms with Gasteiger partial charge < -0.3 is 9.47 Å². The molecule has 0 aliphatic carbocycles. The summed E-state index contributed by atoms with van der Waals surface area (Å²) in [6.07, 6.45) is 1.42. The van der Waals surface area contributed by atoms with E-state index in [0.29, 0.717) is 17.0 Å². The Hall–Kier alpha value is -2.57. The molecule has 0 radical (unpaired) electrons. The molecule has 1 aromatic carbocycles. The van der Waals surface area contributed by atoms with Gasteiger partial charge in [0.2, 0.25) is 6.20 Å². The van der Waals surface area contributed by atoms with Crippen LogP contribution in [-0.2, 0) is 4.74 Å². The predicted molar refractivity (Wildman–Crippen MR) is 78.9 cm³/mol. The molecular weight excluding hydrogens is 276 g/mol. The van der Waals surface area contributed by atoms with Crippen LogP contribution in [0.3, 0.4) is 0 Å². The molecule has 0 saturated carbocycles. The minimum Gasteiger partial charge on any atom is -0.497 e. The molecule has 0 fully saturated rings. The first-order chi connectivity index (χ1) is 9.71. The molecule has 1 N–H and O–H groups in total. The first-order valence-electron chi connectivity index (χ1n) is 6.21. The Balaban J connectivity index is 3.00. The second kappa shape index (κ2) is 6.74. The van der Waals surface area contributed by atoms with Gasteiger partial charge >= 0.3 is 6.09 Å². The van der Waals surface area contributed by atoms with Crippen molar-refractivity contribution < 1.29 is 19.2 Å². The van der Waals surface area contributed by atoms with Crippen LogP contribution in [0, 0.1) is 10.1 Å². The molecule has 0 saturated heterocycles. The average molecular weight is 294 g/mol. The van der Waals surface area contributed by atoms with Crippen LogP contribution >= 0.6 is 0 Å². The maximum atomic E-state index is 11.8. The van der Waals surface area contributed by atoms with Crippen molar-refractivity contribution in [3.63, 3.8) is 0 Å². The molecule has 0 aliphatic rings. The second-order valence-corrected chi connectivity index (χ2v) is 5.18. The number of methoxy groups -OCH3 is 1. The first-order valence-corrected chi connectivity index (χ1v) is 6.21. The standard InChI is InChI=1S/C14H18N2O5/c1-14(2,3)21-13(17)15-12-6-5-11(20-4)9-10(12)7-8-16(18)19/h5-9H,1-4H3,(H,15,17)/b8-7+. The third-order valence-electron chi connectivity index (χ3n) is 2.27. The van der Waals surface area contributed by atoms with Crippen LogP contribution < -0.4 is 10.1 Å². The molecule has 0 unspecified atom stereocenters. The van der Waals surface area contributed by atoms with Crippen molar-refractivity contribution in [2.75, 3.05) is 12.4 Å². The van der Waals surface area contributed by atoms with Gasteiger partial charge in [-0.25, -0.2) is 4.79 Å². The molecule has 0 heterocycles. The van der Waals surface area contributed by atoms with Gasteiger partial charge in [0.1, 0.15) is 11.4 Å². The number of rotatable bonds is 4. The quantitative estimate of drug-likeness (QED) is 0.679. The van der Waals surface area contributed by atoms with E-state index in [1.165, 1.54) is 13.2 Å². The van der Waals surface area contributed by atoms with Gasteiger partial charge in [-0.1, -0.05) is 0 Å². The van der Waals surface area contributed by atoms with Crippen molar-refractivity contribution in [1.29, 1.82) is 0 Å². The number of hydrogen-bond acceptors (Lipinski definition) is 5. The van der Waals surface area contributed by atoms with Crippen molar-refractivity contribution in [2.24, 2.45) is 0 Å². The molecule has 21 heavy (non-hydrogen) atoms. The Labute approximate surface area is 122 Å². The van der Waals surface area contributed by atoms with Crippen LogP contribution in [0.4, 0.5) is 10.5 Å². The number of nitro groups is 1. The predicted octanol–water partition coefficient (Wildman–Crippen LogP) is 3.29. The van der Waals surface area contributed by atoms with Crippen LogP contribution in [0.15, 0.2) is 24.4 Å². The van der Waals surface area contributed by atoms with Crippen LogP contribution in [0.1, 0.15) is 26.3 Å². The summed E-state index contributed by atoms with van der Waals surface area (Å²) in [6, 6.07) is 4.80. The Kier molecular flexibility index (Phi) is 5.29. The molecule has 0 atom stereocenters. The fraction of sp³-hybridized carbons (Fsp3) is 0.357. The van der Waals surface area contributed by atoms with Crippen molar-refractivity contribution in [3.05, 3.63) is 40.1 Å². The number of ether oxygens (including phenoxy) is 2. The van der Waals surface area contributed by atoms with Gasteiger partial charge in [-0.15, -0.1) is 0 Å². The second-order valence-electron chi connectivity index (χ2n) is 5.18. The number of benzene rings is 1. The van der Waals surface area contributed by atoms with E-state index < -0.39 is 16.6 Å². The minimum absolute atomic E-state index is 0.392. The molecule has 7 heteroatoms. The summed E-state index contributed by atoms with van der Waals surface area (Å²) < 4.78 is 10.2. The fourth-order valence-electron chi connectivity index (χ4n) is 1.47. The number of anilines is 1. The Morgan fingerprint density at radius 3 is 2.57 bits per heavy atom. The Morgan fingerprint density at radius 1 is 1.38 bits per heavy atom. The Bertz CT molecular complexity index is 561. The molecule has 0 aliphatic heterocycles. The number of carbonyl (C=O) groups excluding carboxylic acids is 1. The van der Waals surface area contributed by atoms with Gasteiger partial charge in [0.15, 0.2) is 0 Å². The van der Waals surface area contributed by atoms with E-state index in [-0.39, 0.29) is 0 Å². The molecule has 0 spiro atoms. The van der Waals surface area contributed by atoms with E-state index >= 15 is 0 Å². The summed E-state index contributed by atoms with van der Waals surface area (Å²) in [6.45, 7) is 5.23. The van der Waals surface area contributed by atoms with E-state index in [0.717, 1.165) is 6.20 Å². The normalized spacial score (nSPS) is 11.2. The summed E-state index contributed by atoms with van der Waals surface area (Å²) in [5, 5.41) is 13.0. The maximum Gasteiger partial charge on any atom is 0.412 e.